The number of esters is 2. The molecule has 1 saturated carbocycles. The Morgan fingerprint density at radius 1 is 0.915 bits per heavy atom. The van der Waals surface area contributed by atoms with Gasteiger partial charge in [-0.1, -0.05) is 42.5 Å². The average molecular weight is 669 g/mol. The second-order valence-electron chi connectivity index (χ2n) is 11.8. The van der Waals surface area contributed by atoms with Gasteiger partial charge >= 0.3 is 11.9 Å². The van der Waals surface area contributed by atoms with Gasteiger partial charge in [0.05, 0.1) is 37.9 Å². The monoisotopic (exact) mass is 668 g/mol. The number of aliphatic hydroxyl groups excluding tert-OH is 2. The molecule has 0 radical (unpaired) electrons. The van der Waals surface area contributed by atoms with Crippen LogP contribution in [0.4, 0.5) is 0 Å². The molecule has 0 aromatic heterocycles. The van der Waals surface area contributed by atoms with E-state index in [4.69, 9.17) is 14.2 Å². The molecule has 0 heterocycles. The molecule has 2 rings (SSSR count). The molecule has 0 bridgehead atoms. The molecule has 15 nitrogen and oxygen atoms in total. The van der Waals surface area contributed by atoms with E-state index in [1.54, 1.807) is 13.8 Å². The van der Waals surface area contributed by atoms with Crippen LogP contribution in [0.3, 0.4) is 0 Å². The van der Waals surface area contributed by atoms with E-state index >= 15 is 0 Å². The van der Waals surface area contributed by atoms with Gasteiger partial charge in [-0.2, -0.15) is 0 Å². The Balaban J connectivity index is 1.90. The minimum Gasteiger partial charge on any atom is -0.463 e. The molecular formula is C32H48N2O13. The lowest BCUT2D eigenvalue weighted by molar-refractivity contribution is -0.790. The maximum atomic E-state index is 12.7. The summed E-state index contributed by atoms with van der Waals surface area (Å²) in [6.45, 7) is 2.32. The number of aliphatic hydroxyl groups is 2. The summed E-state index contributed by atoms with van der Waals surface area (Å²) < 4.78 is 16.2. The first-order valence-electron chi connectivity index (χ1n) is 16.0. The van der Waals surface area contributed by atoms with Crippen molar-refractivity contribution in [2.75, 3.05) is 19.8 Å². The van der Waals surface area contributed by atoms with Gasteiger partial charge in [-0.3, -0.25) is 9.59 Å². The highest BCUT2D eigenvalue weighted by Gasteiger charge is 2.40. The Labute approximate surface area is 274 Å². The maximum absolute atomic E-state index is 12.7. The van der Waals surface area contributed by atoms with Crippen molar-refractivity contribution in [3.63, 3.8) is 0 Å². The van der Waals surface area contributed by atoms with E-state index in [9.17, 15) is 40.0 Å². The number of nitrogens with zero attached hydrogens (tertiary/aromatic N) is 2. The summed E-state index contributed by atoms with van der Waals surface area (Å²) in [6.07, 6.45) is 5.14. The van der Waals surface area contributed by atoms with Crippen LogP contribution in [0.2, 0.25) is 0 Å². The van der Waals surface area contributed by atoms with Gasteiger partial charge in [0, 0.05) is 6.42 Å². The molecule has 2 N–H and O–H groups in total. The quantitative estimate of drug-likeness (QED) is 0.0527. The number of hydrogen-bond acceptors (Lipinski definition) is 13. The minimum absolute atomic E-state index is 0.143. The predicted molar refractivity (Wildman–Crippen MR) is 167 cm³/mol. The van der Waals surface area contributed by atoms with Crippen molar-refractivity contribution < 1.29 is 53.9 Å². The standard InChI is InChI=1S/C32H48N2O13/c1-23(2)45-31(37)13-9-4-3-8-12-27-28(30(36)20-29(27)35)17-16-25(15-14-24-10-6-5-7-11-24)46-32(38)18-19-43-21-26(47-34(41)42)22-44-33(39)40/h3,5-8,10-11,23,25-30,35-36H,4,9,12-22H2,1-2H3/b8-3-/t25-,26?,27+,28+,29-,30+/m0/s1. The summed E-state index contributed by atoms with van der Waals surface area (Å²) in [5.74, 6) is -1.15. The molecule has 1 aromatic carbocycles. The molecular weight excluding hydrogens is 620 g/mol. The van der Waals surface area contributed by atoms with E-state index in [0.29, 0.717) is 51.4 Å². The van der Waals surface area contributed by atoms with Crippen LogP contribution in [0, 0.1) is 32.1 Å². The van der Waals surface area contributed by atoms with Gasteiger partial charge in [0.15, 0.2) is 6.10 Å². The van der Waals surface area contributed by atoms with Crippen LogP contribution in [-0.4, -0.2) is 82.7 Å². The van der Waals surface area contributed by atoms with Crippen LogP contribution in [0.15, 0.2) is 42.5 Å². The summed E-state index contributed by atoms with van der Waals surface area (Å²) >= 11 is 0. The molecule has 1 aliphatic carbocycles. The van der Waals surface area contributed by atoms with Gasteiger partial charge in [-0.15, -0.1) is 20.2 Å². The van der Waals surface area contributed by atoms with E-state index in [1.165, 1.54) is 0 Å². The number of carbonyl (C=O) groups is 2. The van der Waals surface area contributed by atoms with Crippen LogP contribution in [-0.2, 0) is 39.9 Å². The number of unbranched alkanes of at least 4 members (excludes halogenated alkanes) is 1. The first kappa shape index (κ1) is 39.4. The lowest BCUT2D eigenvalue weighted by Gasteiger charge is -2.25. The van der Waals surface area contributed by atoms with E-state index in [0.717, 1.165) is 5.56 Å². The van der Waals surface area contributed by atoms with Gasteiger partial charge in [-0.25, -0.2) is 0 Å². The van der Waals surface area contributed by atoms with Crippen molar-refractivity contribution in [1.29, 1.82) is 0 Å². The number of benzene rings is 1. The van der Waals surface area contributed by atoms with Gasteiger partial charge in [-0.05, 0) is 82.6 Å². The number of rotatable bonds is 24. The molecule has 15 heteroatoms. The summed E-state index contributed by atoms with van der Waals surface area (Å²) in [6, 6.07) is 9.71. The third kappa shape index (κ3) is 17.1. The van der Waals surface area contributed by atoms with Crippen LogP contribution in [0.25, 0.3) is 0 Å². The van der Waals surface area contributed by atoms with Crippen LogP contribution in [0.5, 0.6) is 0 Å². The van der Waals surface area contributed by atoms with E-state index in [1.807, 2.05) is 42.5 Å². The number of allylic oxidation sites excluding steroid dienone is 2. The fraction of sp³-hybridized carbons (Fsp3) is 0.688. The lowest BCUT2D eigenvalue weighted by Crippen LogP contribution is -2.30. The highest BCUT2D eigenvalue weighted by molar-refractivity contribution is 5.69. The van der Waals surface area contributed by atoms with Crippen molar-refractivity contribution in [3.05, 3.63) is 68.3 Å². The van der Waals surface area contributed by atoms with Crippen molar-refractivity contribution in [3.8, 4) is 0 Å². The first-order valence-corrected chi connectivity index (χ1v) is 16.0. The van der Waals surface area contributed by atoms with Gasteiger partial charge < -0.3 is 34.1 Å². The van der Waals surface area contributed by atoms with Gasteiger partial charge in [0.1, 0.15) is 12.7 Å². The number of ether oxygens (including phenoxy) is 3. The fourth-order valence-electron chi connectivity index (χ4n) is 5.57. The molecule has 0 saturated heterocycles. The SMILES string of the molecule is CC(C)OC(=O)CCC/C=C\C[C@@H]1[C@@H](CC[C@H](CCc2ccccc2)OC(=O)CCOCC(CO[N+](=O)[O-])O[N+](=O)[O-])[C@H](O)C[C@@H]1O. The smallest absolute Gasteiger partial charge is 0.308 e. The summed E-state index contributed by atoms with van der Waals surface area (Å²) in [5, 5.41) is 40.2. The molecule has 264 valence electrons. The van der Waals surface area contributed by atoms with Crippen LogP contribution < -0.4 is 0 Å². The zero-order valence-electron chi connectivity index (χ0n) is 27.1. The molecule has 0 spiro atoms. The fourth-order valence-corrected chi connectivity index (χ4v) is 5.57. The summed E-state index contributed by atoms with van der Waals surface area (Å²) in [5.41, 5.74) is 1.07. The van der Waals surface area contributed by atoms with E-state index in [2.05, 4.69) is 9.68 Å². The van der Waals surface area contributed by atoms with Crippen molar-refractivity contribution in [2.24, 2.45) is 11.8 Å². The van der Waals surface area contributed by atoms with Crippen molar-refractivity contribution in [2.45, 2.75) is 109 Å². The van der Waals surface area contributed by atoms with E-state index in [-0.39, 0.29) is 43.4 Å². The molecule has 1 fully saturated rings. The molecule has 1 unspecified atom stereocenters. The molecule has 1 aromatic rings. The van der Waals surface area contributed by atoms with E-state index < -0.39 is 53.8 Å². The molecule has 6 atom stereocenters. The normalized spacial score (nSPS) is 20.5. The summed E-state index contributed by atoms with van der Waals surface area (Å²) in [4.78, 5) is 53.8. The van der Waals surface area contributed by atoms with Crippen molar-refractivity contribution >= 4 is 11.9 Å². The Bertz CT molecular complexity index is 1120. The minimum atomic E-state index is -1.35. The highest BCUT2D eigenvalue weighted by Crippen LogP contribution is 2.39. The third-order valence-corrected chi connectivity index (χ3v) is 7.79. The molecule has 1 aliphatic rings. The Hall–Kier alpha value is -3.82. The molecule has 0 aliphatic heterocycles. The number of hydrogen-bond donors (Lipinski definition) is 2. The maximum Gasteiger partial charge on any atom is 0.308 e. The Kier molecular flexibility index (Phi) is 18.3. The zero-order chi connectivity index (χ0) is 34.6. The highest BCUT2D eigenvalue weighted by atomic mass is 17.0. The Morgan fingerprint density at radius 3 is 2.30 bits per heavy atom. The predicted octanol–water partition coefficient (Wildman–Crippen LogP) is 3.93. The van der Waals surface area contributed by atoms with Gasteiger partial charge in [0.2, 0.25) is 0 Å². The number of aryl methyl sites for hydroxylation is 1. The zero-order valence-corrected chi connectivity index (χ0v) is 27.1. The molecule has 47 heavy (non-hydrogen) atoms. The lowest BCUT2D eigenvalue weighted by atomic mass is 9.85. The topological polar surface area (TPSA) is 207 Å². The second kappa shape index (κ2) is 21.9. The van der Waals surface area contributed by atoms with Crippen molar-refractivity contribution in [1.82, 2.24) is 0 Å². The average Bonchev–Trinajstić information content (AvgIpc) is 3.27. The Morgan fingerprint density at radius 2 is 1.62 bits per heavy atom. The van der Waals surface area contributed by atoms with Crippen LogP contribution >= 0.6 is 0 Å². The molecule has 0 amide bonds. The number of carbonyl (C=O) groups excluding carboxylic acids is 2. The first-order chi connectivity index (χ1) is 22.4. The van der Waals surface area contributed by atoms with Crippen LogP contribution in [0.1, 0.15) is 77.2 Å². The van der Waals surface area contributed by atoms with Gasteiger partial charge in [0.25, 0.3) is 10.2 Å². The largest absolute Gasteiger partial charge is 0.463 e. The second-order valence-corrected chi connectivity index (χ2v) is 11.8. The summed E-state index contributed by atoms with van der Waals surface area (Å²) in [7, 11) is 0. The third-order valence-electron chi connectivity index (χ3n) is 7.79.